The van der Waals surface area contributed by atoms with Gasteiger partial charge in [-0.1, -0.05) is 6.07 Å². The number of para-hydroxylation sites is 1. The summed E-state index contributed by atoms with van der Waals surface area (Å²) in [6.45, 7) is 0. The molecule has 0 saturated heterocycles. The lowest BCUT2D eigenvalue weighted by molar-refractivity contribution is 0.100. The summed E-state index contributed by atoms with van der Waals surface area (Å²) in [5.74, 6) is -0.0318. The van der Waals surface area contributed by atoms with Crippen molar-refractivity contribution in [2.75, 3.05) is 18.2 Å². The minimum absolute atomic E-state index is 0.318. The molecule has 0 saturated carbocycles. The minimum atomic E-state index is -0.553. The number of hydrogen-bond acceptors (Lipinski definition) is 5. The Labute approximate surface area is 121 Å². The van der Waals surface area contributed by atoms with Crippen LogP contribution in [0.15, 0.2) is 36.4 Å². The fourth-order valence-corrected chi connectivity index (χ4v) is 1.89. The van der Waals surface area contributed by atoms with Gasteiger partial charge in [0.2, 0.25) is 5.91 Å². The lowest BCUT2D eigenvalue weighted by atomic mass is 10.1. The van der Waals surface area contributed by atoms with Gasteiger partial charge in [0, 0.05) is 5.56 Å². The van der Waals surface area contributed by atoms with Gasteiger partial charge in [-0.15, -0.1) is 0 Å². The molecule has 0 aliphatic rings. The molecule has 0 aromatic heterocycles. The van der Waals surface area contributed by atoms with Crippen molar-refractivity contribution in [2.45, 2.75) is 0 Å². The number of ether oxygens (including phenoxy) is 1. The molecule has 0 radical (unpaired) electrons. The van der Waals surface area contributed by atoms with Gasteiger partial charge in [-0.25, -0.2) is 0 Å². The topological polar surface area (TPSA) is 114 Å². The zero-order valence-electron chi connectivity index (χ0n) is 11.4. The standard InChI is InChI=1S/C15H14N4O2/c1-21-13-4-2-3-10(8-16)14(13)19-12-6-5-9(15(18)20)7-11(12)17/h2-7,19H,17H2,1H3,(H2,18,20). The van der Waals surface area contributed by atoms with E-state index in [-0.39, 0.29) is 0 Å². The van der Waals surface area contributed by atoms with Gasteiger partial charge in [-0.05, 0) is 30.3 Å². The summed E-state index contributed by atoms with van der Waals surface area (Å²) in [6, 6.07) is 11.9. The normalized spacial score (nSPS) is 9.71. The highest BCUT2D eigenvalue weighted by atomic mass is 16.5. The number of nitriles is 1. The monoisotopic (exact) mass is 282 g/mol. The van der Waals surface area contributed by atoms with E-state index in [4.69, 9.17) is 21.5 Å². The van der Waals surface area contributed by atoms with Crippen LogP contribution in [-0.2, 0) is 0 Å². The molecule has 0 bridgehead atoms. The molecule has 0 atom stereocenters. The van der Waals surface area contributed by atoms with E-state index in [1.807, 2.05) is 0 Å². The molecule has 0 aliphatic carbocycles. The van der Waals surface area contributed by atoms with Crippen LogP contribution in [-0.4, -0.2) is 13.0 Å². The van der Waals surface area contributed by atoms with E-state index in [0.717, 1.165) is 0 Å². The number of carbonyl (C=O) groups is 1. The zero-order chi connectivity index (χ0) is 15.4. The highest BCUT2D eigenvalue weighted by molar-refractivity contribution is 5.95. The molecule has 0 fully saturated rings. The lowest BCUT2D eigenvalue weighted by Gasteiger charge is -2.14. The fraction of sp³-hybridized carbons (Fsp3) is 0.0667. The van der Waals surface area contributed by atoms with Gasteiger partial charge in [0.25, 0.3) is 0 Å². The Bertz CT molecular complexity index is 735. The van der Waals surface area contributed by atoms with Gasteiger partial charge in [0.15, 0.2) is 0 Å². The van der Waals surface area contributed by atoms with Crippen molar-refractivity contribution in [2.24, 2.45) is 5.73 Å². The van der Waals surface area contributed by atoms with E-state index in [0.29, 0.717) is 33.9 Å². The second-order valence-electron chi connectivity index (χ2n) is 4.29. The summed E-state index contributed by atoms with van der Waals surface area (Å²) in [7, 11) is 1.52. The maximum Gasteiger partial charge on any atom is 0.248 e. The molecular formula is C15H14N4O2. The van der Waals surface area contributed by atoms with Gasteiger partial charge >= 0.3 is 0 Å². The van der Waals surface area contributed by atoms with Crippen molar-refractivity contribution in [3.8, 4) is 11.8 Å². The Morgan fingerprint density at radius 3 is 2.67 bits per heavy atom. The average molecular weight is 282 g/mol. The first-order valence-electron chi connectivity index (χ1n) is 6.10. The molecule has 6 heteroatoms. The van der Waals surface area contributed by atoms with Gasteiger partial charge in [0.05, 0.1) is 29.7 Å². The number of rotatable bonds is 4. The van der Waals surface area contributed by atoms with E-state index in [9.17, 15) is 4.79 Å². The molecule has 2 aromatic carbocycles. The molecule has 1 amide bonds. The van der Waals surface area contributed by atoms with Crippen LogP contribution in [0.4, 0.5) is 17.1 Å². The number of anilines is 3. The summed E-state index contributed by atoms with van der Waals surface area (Å²) < 4.78 is 5.23. The van der Waals surface area contributed by atoms with Crippen molar-refractivity contribution in [3.05, 3.63) is 47.5 Å². The Morgan fingerprint density at radius 1 is 1.33 bits per heavy atom. The molecule has 5 N–H and O–H groups in total. The number of methoxy groups -OCH3 is 1. The SMILES string of the molecule is COc1cccc(C#N)c1Nc1ccc(C(N)=O)cc1N. The van der Waals surface area contributed by atoms with Crippen LogP contribution in [0.3, 0.4) is 0 Å². The van der Waals surface area contributed by atoms with Crippen LogP contribution in [0.25, 0.3) is 0 Å². The van der Waals surface area contributed by atoms with E-state index in [1.165, 1.54) is 13.2 Å². The zero-order valence-corrected chi connectivity index (χ0v) is 11.4. The van der Waals surface area contributed by atoms with E-state index < -0.39 is 5.91 Å². The highest BCUT2D eigenvalue weighted by Crippen LogP contribution is 2.33. The van der Waals surface area contributed by atoms with Crippen LogP contribution in [0.2, 0.25) is 0 Å². The van der Waals surface area contributed by atoms with Crippen LogP contribution < -0.4 is 21.5 Å². The number of primary amides is 1. The Kier molecular flexibility index (Phi) is 3.95. The molecule has 0 aliphatic heterocycles. The number of benzene rings is 2. The number of nitrogen functional groups attached to an aromatic ring is 1. The smallest absolute Gasteiger partial charge is 0.248 e. The lowest BCUT2D eigenvalue weighted by Crippen LogP contribution is -2.11. The second kappa shape index (κ2) is 5.84. The molecule has 0 unspecified atom stereocenters. The van der Waals surface area contributed by atoms with E-state index >= 15 is 0 Å². The third-order valence-corrected chi connectivity index (χ3v) is 2.96. The number of nitrogens with one attached hydrogen (secondary N) is 1. The van der Waals surface area contributed by atoms with Gasteiger partial charge < -0.3 is 21.5 Å². The molecule has 106 valence electrons. The maximum atomic E-state index is 11.1. The van der Waals surface area contributed by atoms with Crippen molar-refractivity contribution in [3.63, 3.8) is 0 Å². The summed E-state index contributed by atoms with van der Waals surface area (Å²) in [4.78, 5) is 11.1. The predicted molar refractivity (Wildman–Crippen MR) is 80.4 cm³/mol. The van der Waals surface area contributed by atoms with Crippen molar-refractivity contribution in [1.29, 1.82) is 5.26 Å². The van der Waals surface area contributed by atoms with Gasteiger partial charge in [0.1, 0.15) is 11.8 Å². The van der Waals surface area contributed by atoms with Crippen molar-refractivity contribution >= 4 is 23.0 Å². The molecule has 2 aromatic rings. The van der Waals surface area contributed by atoms with Gasteiger partial charge in [-0.2, -0.15) is 5.26 Å². The first kappa shape index (κ1) is 14.2. The Hall–Kier alpha value is -3.20. The van der Waals surface area contributed by atoms with Crippen LogP contribution in [0.5, 0.6) is 5.75 Å². The highest BCUT2D eigenvalue weighted by Gasteiger charge is 2.11. The number of hydrogen-bond donors (Lipinski definition) is 3. The molecule has 0 heterocycles. The summed E-state index contributed by atoms with van der Waals surface area (Å²) in [6.07, 6.45) is 0. The second-order valence-corrected chi connectivity index (χ2v) is 4.29. The van der Waals surface area contributed by atoms with Crippen molar-refractivity contribution < 1.29 is 9.53 Å². The summed E-state index contributed by atoms with van der Waals surface area (Å²) >= 11 is 0. The third kappa shape index (κ3) is 2.87. The number of carbonyl (C=O) groups excluding carboxylic acids is 1. The van der Waals surface area contributed by atoms with Crippen LogP contribution in [0.1, 0.15) is 15.9 Å². The first-order valence-corrected chi connectivity index (χ1v) is 6.10. The van der Waals surface area contributed by atoms with E-state index in [1.54, 1.807) is 30.3 Å². The summed E-state index contributed by atoms with van der Waals surface area (Å²) in [5.41, 5.74) is 13.3. The van der Waals surface area contributed by atoms with Crippen LogP contribution >= 0.6 is 0 Å². The number of nitrogens with zero attached hydrogens (tertiary/aromatic N) is 1. The maximum absolute atomic E-state index is 11.1. The predicted octanol–water partition coefficient (Wildman–Crippen LogP) is 1.99. The fourth-order valence-electron chi connectivity index (χ4n) is 1.89. The molecule has 0 spiro atoms. The van der Waals surface area contributed by atoms with Crippen molar-refractivity contribution in [1.82, 2.24) is 0 Å². The molecular weight excluding hydrogens is 268 g/mol. The van der Waals surface area contributed by atoms with Gasteiger partial charge in [-0.3, -0.25) is 4.79 Å². The Balaban J connectivity index is 2.44. The molecule has 21 heavy (non-hydrogen) atoms. The third-order valence-electron chi connectivity index (χ3n) is 2.96. The summed E-state index contributed by atoms with van der Waals surface area (Å²) in [5, 5.41) is 12.2. The van der Waals surface area contributed by atoms with Crippen LogP contribution in [0, 0.1) is 11.3 Å². The number of amides is 1. The minimum Gasteiger partial charge on any atom is -0.495 e. The first-order chi connectivity index (χ1) is 10.1. The quantitative estimate of drug-likeness (QED) is 0.742. The largest absolute Gasteiger partial charge is 0.495 e. The molecule has 6 nitrogen and oxygen atoms in total. The molecule has 2 rings (SSSR count). The number of nitrogens with two attached hydrogens (primary N) is 2. The average Bonchev–Trinajstić information content (AvgIpc) is 2.49. The Morgan fingerprint density at radius 2 is 2.10 bits per heavy atom. The van der Waals surface area contributed by atoms with E-state index in [2.05, 4.69) is 11.4 Å².